The van der Waals surface area contributed by atoms with Gasteiger partial charge in [0.25, 0.3) is 11.8 Å². The van der Waals surface area contributed by atoms with Gasteiger partial charge >= 0.3 is 0 Å². The number of carbonyl (C=O) groups is 2. The van der Waals surface area contributed by atoms with Crippen molar-refractivity contribution in [2.24, 2.45) is 24.3 Å². The molecule has 2 N–H and O–H groups in total. The van der Waals surface area contributed by atoms with E-state index in [0.29, 0.717) is 0 Å². The molecular formula is C29H25I2N7O2. The molecule has 0 bridgehead atoms. The van der Waals surface area contributed by atoms with E-state index in [1.54, 1.807) is 18.5 Å². The number of nitrogens with one attached hydrogen (secondary N) is 2. The van der Waals surface area contributed by atoms with Crippen molar-refractivity contribution in [3.63, 3.8) is 0 Å². The van der Waals surface area contributed by atoms with E-state index in [0.717, 1.165) is 32.9 Å². The van der Waals surface area contributed by atoms with Crippen molar-refractivity contribution < 1.29 is 66.7 Å². The van der Waals surface area contributed by atoms with Crippen LogP contribution in [-0.4, -0.2) is 29.2 Å². The van der Waals surface area contributed by atoms with Gasteiger partial charge in [-0.1, -0.05) is 30.3 Å². The molecule has 3 heterocycles. The SMILES string of the molecule is C[n+]1ccc(C=NNC(=O)c2cccc(C(=O)NN=Cc3cc[n+](C)c4ccccc34)n2)c2ccccc21.[I-].[I-]. The standard InChI is InChI=1S/C29H23N7O2.2HI/c1-35-16-14-20(22-8-3-5-12-26(22)35)18-30-33-28(37)24-10-7-11-25(32-24)29(38)34-31-19-21-15-17-36(2)27-13-6-4-9-23(21)27;;/h3-19H,1-2H3;2*1H. The van der Waals surface area contributed by atoms with Crippen LogP contribution >= 0.6 is 0 Å². The summed E-state index contributed by atoms with van der Waals surface area (Å²) in [4.78, 5) is 29.4. The Balaban J connectivity index is 0.00000220. The van der Waals surface area contributed by atoms with Crippen LogP contribution < -0.4 is 67.9 Å². The minimum atomic E-state index is -0.534. The molecule has 11 heteroatoms. The highest BCUT2D eigenvalue weighted by Gasteiger charge is 2.13. The van der Waals surface area contributed by atoms with Gasteiger partial charge < -0.3 is 48.0 Å². The lowest BCUT2D eigenvalue weighted by Gasteiger charge is -2.04. The number of pyridine rings is 3. The first-order valence-corrected chi connectivity index (χ1v) is 11.9. The summed E-state index contributed by atoms with van der Waals surface area (Å²) in [6.07, 6.45) is 7.02. The van der Waals surface area contributed by atoms with Gasteiger partial charge in [-0.3, -0.25) is 9.59 Å². The van der Waals surface area contributed by atoms with Gasteiger partial charge in [0.2, 0.25) is 11.0 Å². The zero-order chi connectivity index (χ0) is 26.5. The Bertz CT molecular complexity index is 1630. The molecule has 0 fully saturated rings. The lowest BCUT2D eigenvalue weighted by atomic mass is 10.1. The molecule has 0 saturated carbocycles. The number of hydrogen-bond donors (Lipinski definition) is 2. The largest absolute Gasteiger partial charge is 1.00 e. The third-order valence-electron chi connectivity index (χ3n) is 6.10. The number of halogens is 2. The average Bonchev–Trinajstić information content (AvgIpc) is 2.95. The molecule has 3 aromatic heterocycles. The highest BCUT2D eigenvalue weighted by molar-refractivity contribution is 6.00. The molecule has 0 radical (unpaired) electrons. The van der Waals surface area contributed by atoms with Crippen LogP contribution in [0.25, 0.3) is 21.8 Å². The maximum Gasteiger partial charge on any atom is 0.289 e. The van der Waals surface area contributed by atoms with Crippen LogP contribution in [0.1, 0.15) is 32.1 Å². The second-order valence-corrected chi connectivity index (χ2v) is 8.60. The number of hydrazone groups is 2. The monoisotopic (exact) mass is 757 g/mol. The van der Waals surface area contributed by atoms with Crippen molar-refractivity contribution in [1.29, 1.82) is 0 Å². The number of amides is 2. The van der Waals surface area contributed by atoms with Gasteiger partial charge in [-0.25, -0.2) is 25.0 Å². The van der Waals surface area contributed by atoms with E-state index in [9.17, 15) is 9.59 Å². The van der Waals surface area contributed by atoms with E-state index >= 15 is 0 Å². The first-order valence-electron chi connectivity index (χ1n) is 11.9. The summed E-state index contributed by atoms with van der Waals surface area (Å²) in [5, 5.41) is 10.2. The quantitative estimate of drug-likeness (QED) is 0.0818. The van der Waals surface area contributed by atoms with Crippen molar-refractivity contribution in [1.82, 2.24) is 15.8 Å². The molecule has 0 unspecified atom stereocenters. The molecule has 202 valence electrons. The molecule has 0 atom stereocenters. The Morgan fingerprint density at radius 1 is 0.650 bits per heavy atom. The zero-order valence-electron chi connectivity index (χ0n) is 21.6. The summed E-state index contributed by atoms with van der Waals surface area (Å²) in [7, 11) is 3.93. The third-order valence-corrected chi connectivity index (χ3v) is 6.10. The number of carbonyl (C=O) groups excluding carboxylic acids is 2. The Kier molecular flexibility index (Phi) is 10.7. The first kappa shape index (κ1) is 30.7. The summed E-state index contributed by atoms with van der Waals surface area (Å²) in [6.45, 7) is 0. The topological polar surface area (TPSA) is 104 Å². The predicted octanol–water partition coefficient (Wildman–Crippen LogP) is -3.43. The highest BCUT2D eigenvalue weighted by Crippen LogP contribution is 2.14. The number of aromatic nitrogens is 3. The Morgan fingerprint density at radius 3 is 1.52 bits per heavy atom. The molecule has 2 aromatic carbocycles. The number of nitrogens with zero attached hydrogens (tertiary/aromatic N) is 5. The van der Waals surface area contributed by atoms with Crippen LogP contribution in [0.15, 0.2) is 101 Å². The molecule has 0 spiro atoms. The number of fused-ring (bicyclic) bond motifs is 2. The maximum absolute atomic E-state index is 12.6. The van der Waals surface area contributed by atoms with Crippen LogP contribution in [0.4, 0.5) is 0 Å². The van der Waals surface area contributed by atoms with Crippen LogP contribution in [0.3, 0.4) is 0 Å². The van der Waals surface area contributed by atoms with Crippen LogP contribution in [0, 0.1) is 0 Å². The van der Waals surface area contributed by atoms with Gasteiger partial charge in [0, 0.05) is 35.4 Å². The molecule has 0 saturated heterocycles. The molecule has 9 nitrogen and oxygen atoms in total. The molecule has 5 rings (SSSR count). The number of aryl methyl sites for hydroxylation is 2. The van der Waals surface area contributed by atoms with Crippen molar-refractivity contribution in [2.75, 3.05) is 0 Å². The minimum absolute atomic E-state index is 0. The van der Waals surface area contributed by atoms with Gasteiger partial charge in [-0.05, 0) is 24.3 Å². The molecule has 5 aromatic rings. The normalized spacial score (nSPS) is 10.8. The summed E-state index contributed by atoms with van der Waals surface area (Å²) < 4.78 is 4.02. The van der Waals surface area contributed by atoms with Crippen molar-refractivity contribution >= 4 is 46.0 Å². The van der Waals surface area contributed by atoms with E-state index < -0.39 is 11.8 Å². The van der Waals surface area contributed by atoms with Crippen LogP contribution in [0.2, 0.25) is 0 Å². The number of para-hydroxylation sites is 2. The van der Waals surface area contributed by atoms with E-state index in [2.05, 4.69) is 26.0 Å². The van der Waals surface area contributed by atoms with E-state index in [1.165, 1.54) is 12.1 Å². The molecule has 40 heavy (non-hydrogen) atoms. The molecule has 0 aliphatic carbocycles. The fraction of sp³-hybridized carbons (Fsp3) is 0.0690. The maximum atomic E-state index is 12.6. The van der Waals surface area contributed by atoms with E-state index in [4.69, 9.17) is 0 Å². The average molecular weight is 757 g/mol. The summed E-state index contributed by atoms with van der Waals surface area (Å²) in [5.41, 5.74) is 8.88. The lowest BCUT2D eigenvalue weighted by Crippen LogP contribution is -3.00. The van der Waals surface area contributed by atoms with Gasteiger partial charge in [0.15, 0.2) is 12.4 Å². The second-order valence-electron chi connectivity index (χ2n) is 8.60. The summed E-state index contributed by atoms with van der Waals surface area (Å²) in [6, 6.07) is 24.3. The fourth-order valence-corrected chi connectivity index (χ4v) is 4.12. The summed E-state index contributed by atoms with van der Waals surface area (Å²) >= 11 is 0. The molecular weight excluding hydrogens is 732 g/mol. The van der Waals surface area contributed by atoms with Gasteiger partial charge in [0.1, 0.15) is 25.5 Å². The van der Waals surface area contributed by atoms with Crippen molar-refractivity contribution in [3.05, 3.63) is 114 Å². The van der Waals surface area contributed by atoms with Crippen LogP contribution in [-0.2, 0) is 14.1 Å². The third kappa shape index (κ3) is 6.83. The number of hydrogen-bond acceptors (Lipinski definition) is 5. The zero-order valence-corrected chi connectivity index (χ0v) is 25.9. The van der Waals surface area contributed by atoms with E-state index in [-0.39, 0.29) is 59.3 Å². The predicted molar refractivity (Wildman–Crippen MR) is 145 cm³/mol. The number of rotatable bonds is 6. The van der Waals surface area contributed by atoms with Gasteiger partial charge in [0.05, 0.1) is 23.2 Å². The van der Waals surface area contributed by atoms with Crippen LogP contribution in [0.5, 0.6) is 0 Å². The van der Waals surface area contributed by atoms with Crippen molar-refractivity contribution in [3.8, 4) is 0 Å². The Labute approximate surface area is 265 Å². The van der Waals surface area contributed by atoms with Crippen molar-refractivity contribution in [2.45, 2.75) is 0 Å². The highest BCUT2D eigenvalue weighted by atomic mass is 127. The van der Waals surface area contributed by atoms with Gasteiger partial charge in [-0.2, -0.15) is 10.2 Å². The second kappa shape index (κ2) is 14.0. The fourth-order valence-electron chi connectivity index (χ4n) is 4.12. The van der Waals surface area contributed by atoms with E-state index in [1.807, 2.05) is 96.3 Å². The molecule has 2 amide bonds. The van der Waals surface area contributed by atoms with Gasteiger partial charge in [-0.15, -0.1) is 0 Å². The Hall–Kier alpha value is -3.85. The minimum Gasteiger partial charge on any atom is -1.00 e. The lowest BCUT2D eigenvalue weighted by molar-refractivity contribution is -0.645. The Morgan fingerprint density at radius 2 is 1.07 bits per heavy atom. The first-order chi connectivity index (χ1) is 18.5. The molecule has 0 aliphatic rings. The number of benzene rings is 2. The summed E-state index contributed by atoms with van der Waals surface area (Å²) in [5.74, 6) is -1.07. The molecule has 0 aliphatic heterocycles. The smallest absolute Gasteiger partial charge is 0.289 e.